The summed E-state index contributed by atoms with van der Waals surface area (Å²) >= 11 is 6.14. The third kappa shape index (κ3) is 4.34. The molecule has 1 amide bonds. The van der Waals surface area contributed by atoms with Crippen molar-refractivity contribution in [3.8, 4) is 11.5 Å². The number of sulfonamides is 1. The van der Waals surface area contributed by atoms with Crippen molar-refractivity contribution in [3.05, 3.63) is 52.5 Å². The third-order valence-electron chi connectivity index (χ3n) is 4.40. The van der Waals surface area contributed by atoms with E-state index in [0.29, 0.717) is 22.2 Å². The van der Waals surface area contributed by atoms with Crippen LogP contribution in [0.15, 0.2) is 36.4 Å². The van der Waals surface area contributed by atoms with Crippen LogP contribution >= 0.6 is 11.6 Å². The molecule has 0 radical (unpaired) electrons. The maximum Gasteiger partial charge on any atom is 0.243 e. The molecule has 3 rings (SSSR count). The van der Waals surface area contributed by atoms with Crippen LogP contribution in [-0.2, 0) is 21.4 Å². The molecule has 1 aliphatic rings. The van der Waals surface area contributed by atoms with Gasteiger partial charge in [-0.25, -0.2) is 8.42 Å². The van der Waals surface area contributed by atoms with E-state index in [1.165, 1.54) is 6.92 Å². The molecule has 1 heterocycles. The van der Waals surface area contributed by atoms with Gasteiger partial charge in [0.25, 0.3) is 0 Å². The number of fused-ring (bicyclic) bond motifs is 1. The number of anilines is 1. The first-order valence-electron chi connectivity index (χ1n) is 8.58. The molecule has 28 heavy (non-hydrogen) atoms. The summed E-state index contributed by atoms with van der Waals surface area (Å²) in [5, 5.41) is 3.19. The molecule has 0 aromatic heterocycles. The number of hydrogen-bond donors (Lipinski definition) is 1. The number of nitrogens with one attached hydrogen (secondary N) is 1. The van der Waals surface area contributed by atoms with E-state index in [4.69, 9.17) is 21.1 Å². The lowest BCUT2D eigenvalue weighted by Gasteiger charge is -2.28. The van der Waals surface area contributed by atoms with Crippen molar-refractivity contribution in [1.29, 1.82) is 0 Å². The Bertz CT molecular complexity index is 1010. The van der Waals surface area contributed by atoms with Gasteiger partial charge in [0.1, 0.15) is 6.04 Å². The molecule has 0 fully saturated rings. The average molecular weight is 425 g/mol. The van der Waals surface area contributed by atoms with Crippen molar-refractivity contribution in [1.82, 2.24) is 5.32 Å². The number of ether oxygens (including phenoxy) is 2. The molecule has 7 nitrogen and oxygen atoms in total. The number of hydrogen-bond acceptors (Lipinski definition) is 5. The van der Waals surface area contributed by atoms with E-state index in [-0.39, 0.29) is 13.3 Å². The number of rotatable bonds is 6. The van der Waals surface area contributed by atoms with Gasteiger partial charge in [-0.2, -0.15) is 0 Å². The van der Waals surface area contributed by atoms with Crippen LogP contribution in [0.4, 0.5) is 5.69 Å². The van der Waals surface area contributed by atoms with E-state index < -0.39 is 22.0 Å². The van der Waals surface area contributed by atoms with Crippen molar-refractivity contribution in [2.75, 3.05) is 17.4 Å². The van der Waals surface area contributed by atoms with E-state index in [9.17, 15) is 13.2 Å². The molecule has 0 unspecified atom stereocenters. The van der Waals surface area contributed by atoms with Crippen molar-refractivity contribution >= 4 is 33.2 Å². The van der Waals surface area contributed by atoms with Crippen LogP contribution in [0, 0.1) is 6.92 Å². The zero-order chi connectivity index (χ0) is 20.5. The van der Waals surface area contributed by atoms with E-state index in [2.05, 4.69) is 5.32 Å². The van der Waals surface area contributed by atoms with Crippen LogP contribution in [0.3, 0.4) is 0 Å². The monoisotopic (exact) mass is 424 g/mol. The molecular formula is C19H21ClN2O5S. The molecule has 0 saturated carbocycles. The predicted octanol–water partition coefficient (Wildman–Crippen LogP) is 2.85. The standard InChI is InChI=1S/C19H21ClN2O5S/c1-12-4-6-15(9-16(12)20)22(28(3,24)25)13(2)19(23)21-10-14-5-7-17-18(8-14)27-11-26-17/h4-9,13H,10-11H2,1-3H3,(H,21,23)/t13-/m1/s1. The molecule has 0 spiro atoms. The van der Waals surface area contributed by atoms with E-state index >= 15 is 0 Å². The highest BCUT2D eigenvalue weighted by Gasteiger charge is 2.29. The molecule has 1 atom stereocenters. The fourth-order valence-electron chi connectivity index (χ4n) is 2.92. The SMILES string of the molecule is Cc1ccc(N([C@H](C)C(=O)NCc2ccc3c(c2)OCO3)S(C)(=O)=O)cc1Cl. The van der Waals surface area contributed by atoms with Gasteiger partial charge in [-0.05, 0) is 49.2 Å². The Kier molecular flexibility index (Phi) is 5.71. The van der Waals surface area contributed by atoms with Crippen molar-refractivity contribution < 1.29 is 22.7 Å². The van der Waals surface area contributed by atoms with Crippen molar-refractivity contribution in [2.24, 2.45) is 0 Å². The van der Waals surface area contributed by atoms with Gasteiger partial charge < -0.3 is 14.8 Å². The van der Waals surface area contributed by atoms with Crippen LogP contribution in [0.5, 0.6) is 11.5 Å². The highest BCUT2D eigenvalue weighted by Crippen LogP contribution is 2.32. The fraction of sp³-hybridized carbons (Fsp3) is 0.316. The number of nitrogens with zero attached hydrogens (tertiary/aromatic N) is 1. The topological polar surface area (TPSA) is 84.9 Å². The predicted molar refractivity (Wildman–Crippen MR) is 107 cm³/mol. The van der Waals surface area contributed by atoms with Crippen LogP contribution in [0.1, 0.15) is 18.1 Å². The van der Waals surface area contributed by atoms with Gasteiger partial charge in [-0.3, -0.25) is 9.10 Å². The minimum absolute atomic E-state index is 0.171. The Balaban J connectivity index is 1.75. The van der Waals surface area contributed by atoms with Crippen LogP contribution in [-0.4, -0.2) is 33.4 Å². The minimum Gasteiger partial charge on any atom is -0.454 e. The third-order valence-corrected chi connectivity index (χ3v) is 6.05. The second kappa shape index (κ2) is 7.89. The first kappa shape index (κ1) is 20.3. The Hall–Kier alpha value is -2.45. The summed E-state index contributed by atoms with van der Waals surface area (Å²) in [5.41, 5.74) is 1.97. The number of carbonyl (C=O) groups excluding carboxylic acids is 1. The van der Waals surface area contributed by atoms with Crippen LogP contribution < -0.4 is 19.1 Å². The lowest BCUT2D eigenvalue weighted by atomic mass is 10.2. The van der Waals surface area contributed by atoms with Gasteiger partial charge in [0, 0.05) is 11.6 Å². The van der Waals surface area contributed by atoms with E-state index in [1.54, 1.807) is 30.3 Å². The average Bonchev–Trinajstić information content (AvgIpc) is 3.09. The summed E-state index contributed by atoms with van der Waals surface area (Å²) in [7, 11) is -3.71. The van der Waals surface area contributed by atoms with Crippen LogP contribution in [0.25, 0.3) is 0 Å². The van der Waals surface area contributed by atoms with Crippen molar-refractivity contribution in [2.45, 2.75) is 26.4 Å². The first-order chi connectivity index (χ1) is 13.2. The number of benzene rings is 2. The Morgan fingerprint density at radius 3 is 2.61 bits per heavy atom. The summed E-state index contributed by atoms with van der Waals surface area (Å²) in [6, 6.07) is 9.29. The Morgan fingerprint density at radius 2 is 1.93 bits per heavy atom. The largest absolute Gasteiger partial charge is 0.454 e. The zero-order valence-corrected chi connectivity index (χ0v) is 17.3. The smallest absolute Gasteiger partial charge is 0.243 e. The zero-order valence-electron chi connectivity index (χ0n) is 15.7. The molecule has 1 N–H and O–H groups in total. The normalized spacial score (nSPS) is 13.9. The molecule has 150 valence electrons. The Labute approximate surface area is 169 Å². The van der Waals surface area contributed by atoms with Gasteiger partial charge in [0.15, 0.2) is 11.5 Å². The highest BCUT2D eigenvalue weighted by molar-refractivity contribution is 7.92. The molecule has 2 aromatic rings. The molecule has 0 saturated heterocycles. The van der Waals surface area contributed by atoms with Crippen LogP contribution in [0.2, 0.25) is 5.02 Å². The second-order valence-corrected chi connectivity index (χ2v) is 8.84. The Morgan fingerprint density at radius 1 is 1.21 bits per heavy atom. The molecular weight excluding hydrogens is 404 g/mol. The number of aryl methyl sites for hydroxylation is 1. The first-order valence-corrected chi connectivity index (χ1v) is 10.8. The summed E-state index contributed by atoms with van der Waals surface area (Å²) < 4.78 is 36.3. The lowest BCUT2D eigenvalue weighted by Crippen LogP contribution is -2.47. The van der Waals surface area contributed by atoms with E-state index in [1.807, 2.05) is 13.0 Å². The molecule has 1 aliphatic heterocycles. The summed E-state index contributed by atoms with van der Waals surface area (Å²) in [6.45, 7) is 3.75. The molecule has 2 aromatic carbocycles. The van der Waals surface area contributed by atoms with Gasteiger partial charge in [-0.1, -0.05) is 23.7 Å². The summed E-state index contributed by atoms with van der Waals surface area (Å²) in [6.07, 6.45) is 1.06. The second-order valence-electron chi connectivity index (χ2n) is 6.57. The minimum atomic E-state index is -3.71. The maximum atomic E-state index is 12.7. The fourth-order valence-corrected chi connectivity index (χ4v) is 4.26. The van der Waals surface area contributed by atoms with E-state index in [0.717, 1.165) is 21.7 Å². The quantitative estimate of drug-likeness (QED) is 0.770. The lowest BCUT2D eigenvalue weighted by molar-refractivity contribution is -0.122. The van der Waals surface area contributed by atoms with Gasteiger partial charge in [-0.15, -0.1) is 0 Å². The molecule has 0 bridgehead atoms. The summed E-state index contributed by atoms with van der Waals surface area (Å²) in [5.74, 6) is 0.842. The number of halogens is 1. The number of amides is 1. The summed E-state index contributed by atoms with van der Waals surface area (Å²) in [4.78, 5) is 12.7. The van der Waals surface area contributed by atoms with Gasteiger partial charge in [0.2, 0.25) is 22.7 Å². The molecule has 9 heteroatoms. The molecule has 0 aliphatic carbocycles. The van der Waals surface area contributed by atoms with Crippen molar-refractivity contribution in [3.63, 3.8) is 0 Å². The maximum absolute atomic E-state index is 12.7. The number of carbonyl (C=O) groups is 1. The highest BCUT2D eigenvalue weighted by atomic mass is 35.5. The van der Waals surface area contributed by atoms with Gasteiger partial charge in [0.05, 0.1) is 11.9 Å². The van der Waals surface area contributed by atoms with Gasteiger partial charge >= 0.3 is 0 Å².